The lowest BCUT2D eigenvalue weighted by molar-refractivity contribution is -0.127. The summed E-state index contributed by atoms with van der Waals surface area (Å²) in [6.45, 7) is 2.99. The molecule has 2 aromatic heterocycles. The minimum atomic E-state index is -0.232. The molecule has 0 saturated carbocycles. The highest BCUT2D eigenvalue weighted by atomic mass is 16.3. The normalized spacial score (nSPS) is 18.4. The van der Waals surface area contributed by atoms with E-state index in [9.17, 15) is 9.59 Å². The molecular weight excluding hydrogens is 344 g/mol. The van der Waals surface area contributed by atoms with Crippen LogP contribution in [0.1, 0.15) is 41.9 Å². The first-order valence-corrected chi connectivity index (χ1v) is 9.22. The standard InChI is InChI=1S/C21H22N2O4/c1-14(19-11-15-5-2-3-7-18(15)27-19)22-20(24)16-6-4-9-23(12-16)21(25)17-8-10-26-13-17/h2-3,5,7-8,10-11,13-14,16H,4,6,9,12H2,1H3,(H,22,24). The summed E-state index contributed by atoms with van der Waals surface area (Å²) in [5.74, 6) is 0.368. The molecule has 1 aliphatic rings. The number of carbonyl (C=O) groups excluding carboxylic acids is 2. The van der Waals surface area contributed by atoms with Crippen molar-refractivity contribution in [1.82, 2.24) is 10.2 Å². The quantitative estimate of drug-likeness (QED) is 0.763. The van der Waals surface area contributed by atoms with Crippen molar-refractivity contribution in [3.63, 3.8) is 0 Å². The summed E-state index contributed by atoms with van der Waals surface area (Å²) in [6, 6.07) is 11.1. The molecule has 1 saturated heterocycles. The second-order valence-electron chi connectivity index (χ2n) is 7.02. The van der Waals surface area contributed by atoms with E-state index in [1.54, 1.807) is 11.0 Å². The zero-order valence-corrected chi connectivity index (χ0v) is 15.2. The van der Waals surface area contributed by atoms with Gasteiger partial charge >= 0.3 is 0 Å². The number of amides is 2. The third-order valence-electron chi connectivity index (χ3n) is 5.08. The maximum absolute atomic E-state index is 12.7. The lowest BCUT2D eigenvalue weighted by atomic mass is 9.96. The number of para-hydroxylation sites is 1. The molecule has 3 aromatic rings. The minimum absolute atomic E-state index is 0.0485. The van der Waals surface area contributed by atoms with Crippen molar-refractivity contribution in [2.45, 2.75) is 25.8 Å². The molecule has 6 nitrogen and oxygen atoms in total. The number of piperidine rings is 1. The fourth-order valence-corrected chi connectivity index (χ4v) is 3.56. The average molecular weight is 366 g/mol. The average Bonchev–Trinajstić information content (AvgIpc) is 3.37. The minimum Gasteiger partial charge on any atom is -0.472 e. The van der Waals surface area contributed by atoms with Crippen LogP contribution in [0.3, 0.4) is 0 Å². The van der Waals surface area contributed by atoms with E-state index in [0.29, 0.717) is 18.7 Å². The highest BCUT2D eigenvalue weighted by molar-refractivity contribution is 5.94. The lowest BCUT2D eigenvalue weighted by Crippen LogP contribution is -2.45. The van der Waals surface area contributed by atoms with Gasteiger partial charge in [0, 0.05) is 18.5 Å². The van der Waals surface area contributed by atoms with Crippen LogP contribution in [0.15, 0.2) is 57.8 Å². The summed E-state index contributed by atoms with van der Waals surface area (Å²) in [5, 5.41) is 4.05. The molecule has 2 unspecified atom stereocenters. The van der Waals surface area contributed by atoms with Gasteiger partial charge in [0.2, 0.25) is 5.91 Å². The van der Waals surface area contributed by atoms with Crippen LogP contribution in [0.25, 0.3) is 11.0 Å². The zero-order chi connectivity index (χ0) is 18.8. The molecule has 1 fully saturated rings. The van der Waals surface area contributed by atoms with Crippen LogP contribution in [-0.2, 0) is 4.79 Å². The van der Waals surface area contributed by atoms with E-state index < -0.39 is 0 Å². The van der Waals surface area contributed by atoms with Crippen LogP contribution in [0.4, 0.5) is 0 Å². The number of likely N-dealkylation sites (tertiary alicyclic amines) is 1. The number of nitrogens with zero attached hydrogens (tertiary/aromatic N) is 1. The van der Waals surface area contributed by atoms with Crippen molar-refractivity contribution >= 4 is 22.8 Å². The number of benzene rings is 1. The first-order chi connectivity index (χ1) is 13.1. The maximum Gasteiger partial charge on any atom is 0.257 e. The van der Waals surface area contributed by atoms with Gasteiger partial charge in [-0.1, -0.05) is 18.2 Å². The van der Waals surface area contributed by atoms with Gasteiger partial charge < -0.3 is 19.1 Å². The van der Waals surface area contributed by atoms with E-state index in [1.165, 1.54) is 12.5 Å². The van der Waals surface area contributed by atoms with Crippen molar-refractivity contribution in [3.8, 4) is 0 Å². The number of carbonyl (C=O) groups is 2. The molecule has 0 bridgehead atoms. The Balaban J connectivity index is 1.40. The number of nitrogens with one attached hydrogen (secondary N) is 1. The molecule has 0 aliphatic carbocycles. The molecule has 2 atom stereocenters. The first kappa shape index (κ1) is 17.4. The zero-order valence-electron chi connectivity index (χ0n) is 15.2. The first-order valence-electron chi connectivity index (χ1n) is 9.22. The Hall–Kier alpha value is -3.02. The van der Waals surface area contributed by atoms with Gasteiger partial charge in [-0.3, -0.25) is 9.59 Å². The van der Waals surface area contributed by atoms with E-state index in [-0.39, 0.29) is 23.8 Å². The fourth-order valence-electron chi connectivity index (χ4n) is 3.56. The van der Waals surface area contributed by atoms with Gasteiger partial charge in [-0.05, 0) is 38.0 Å². The second-order valence-corrected chi connectivity index (χ2v) is 7.02. The molecule has 6 heteroatoms. The molecule has 4 rings (SSSR count). The van der Waals surface area contributed by atoms with Crippen LogP contribution >= 0.6 is 0 Å². The number of fused-ring (bicyclic) bond motifs is 1. The van der Waals surface area contributed by atoms with Gasteiger partial charge in [-0.15, -0.1) is 0 Å². The van der Waals surface area contributed by atoms with Gasteiger partial charge in [0.1, 0.15) is 17.6 Å². The second kappa shape index (κ2) is 7.31. The number of hydrogen-bond acceptors (Lipinski definition) is 4. The Morgan fingerprint density at radius 3 is 2.89 bits per heavy atom. The Kier molecular flexibility index (Phi) is 4.71. The Bertz CT molecular complexity index is 911. The SMILES string of the molecule is CC(NC(=O)C1CCCN(C(=O)c2ccoc2)C1)c1cc2ccccc2o1. The molecular formula is C21H22N2O4. The molecule has 2 amide bonds. The van der Waals surface area contributed by atoms with Gasteiger partial charge in [0.15, 0.2) is 0 Å². The van der Waals surface area contributed by atoms with Crippen molar-refractivity contribution in [1.29, 1.82) is 0 Å². The maximum atomic E-state index is 12.7. The van der Waals surface area contributed by atoms with Crippen LogP contribution in [-0.4, -0.2) is 29.8 Å². The van der Waals surface area contributed by atoms with Crippen LogP contribution < -0.4 is 5.32 Å². The van der Waals surface area contributed by atoms with Gasteiger partial charge in [0.25, 0.3) is 5.91 Å². The van der Waals surface area contributed by atoms with Crippen LogP contribution in [0.5, 0.6) is 0 Å². The third-order valence-corrected chi connectivity index (χ3v) is 5.08. The molecule has 27 heavy (non-hydrogen) atoms. The topological polar surface area (TPSA) is 75.7 Å². The van der Waals surface area contributed by atoms with Crippen molar-refractivity contribution in [2.24, 2.45) is 5.92 Å². The van der Waals surface area contributed by atoms with Crippen molar-refractivity contribution in [3.05, 3.63) is 60.2 Å². The summed E-state index contributed by atoms with van der Waals surface area (Å²) in [5.41, 5.74) is 1.33. The number of hydrogen-bond donors (Lipinski definition) is 1. The van der Waals surface area contributed by atoms with E-state index in [1.807, 2.05) is 37.3 Å². The predicted molar refractivity (Wildman–Crippen MR) is 100 cm³/mol. The smallest absolute Gasteiger partial charge is 0.257 e. The molecule has 3 heterocycles. The van der Waals surface area contributed by atoms with E-state index in [2.05, 4.69) is 5.32 Å². The third kappa shape index (κ3) is 3.60. The highest BCUT2D eigenvalue weighted by Gasteiger charge is 2.30. The van der Waals surface area contributed by atoms with Crippen molar-refractivity contribution in [2.75, 3.05) is 13.1 Å². The molecule has 1 N–H and O–H groups in total. The molecule has 1 aliphatic heterocycles. The highest BCUT2D eigenvalue weighted by Crippen LogP contribution is 2.25. The van der Waals surface area contributed by atoms with Crippen molar-refractivity contribution < 1.29 is 18.4 Å². The van der Waals surface area contributed by atoms with E-state index >= 15 is 0 Å². The Labute approximate surface area is 157 Å². The largest absolute Gasteiger partial charge is 0.472 e. The van der Waals surface area contributed by atoms with E-state index in [0.717, 1.165) is 29.6 Å². The van der Waals surface area contributed by atoms with Gasteiger partial charge in [-0.2, -0.15) is 0 Å². The molecule has 0 spiro atoms. The Morgan fingerprint density at radius 1 is 1.26 bits per heavy atom. The summed E-state index contributed by atoms with van der Waals surface area (Å²) >= 11 is 0. The van der Waals surface area contributed by atoms with Crippen LogP contribution in [0, 0.1) is 5.92 Å². The predicted octanol–water partition coefficient (Wildman–Crippen LogP) is 3.76. The van der Waals surface area contributed by atoms with E-state index in [4.69, 9.17) is 8.83 Å². The van der Waals surface area contributed by atoms with Gasteiger partial charge in [-0.25, -0.2) is 0 Å². The Morgan fingerprint density at radius 2 is 2.11 bits per heavy atom. The molecule has 0 radical (unpaired) electrons. The summed E-state index contributed by atoms with van der Waals surface area (Å²) in [7, 11) is 0. The van der Waals surface area contributed by atoms with Crippen LogP contribution in [0.2, 0.25) is 0 Å². The summed E-state index contributed by atoms with van der Waals surface area (Å²) in [6.07, 6.45) is 4.50. The van der Waals surface area contributed by atoms with Gasteiger partial charge in [0.05, 0.1) is 23.8 Å². The fraction of sp³-hybridized carbons (Fsp3) is 0.333. The summed E-state index contributed by atoms with van der Waals surface area (Å²) in [4.78, 5) is 27.0. The monoisotopic (exact) mass is 366 g/mol. The number of rotatable bonds is 4. The number of furan rings is 2. The molecule has 1 aromatic carbocycles. The summed E-state index contributed by atoms with van der Waals surface area (Å²) < 4.78 is 10.8. The molecule has 140 valence electrons. The lowest BCUT2D eigenvalue weighted by Gasteiger charge is -2.32.